The van der Waals surface area contributed by atoms with Gasteiger partial charge in [-0.1, -0.05) is 55.5 Å². The fraction of sp³-hybridized carbons (Fsp3) is 0.630. The fourth-order valence-corrected chi connectivity index (χ4v) is 5.29. The van der Waals surface area contributed by atoms with Gasteiger partial charge in [-0.2, -0.15) is 0 Å². The molecule has 1 aromatic rings. The van der Waals surface area contributed by atoms with Crippen molar-refractivity contribution in [2.24, 2.45) is 17.8 Å². The van der Waals surface area contributed by atoms with E-state index < -0.39 is 0 Å². The van der Waals surface area contributed by atoms with Crippen molar-refractivity contribution in [1.82, 2.24) is 0 Å². The van der Waals surface area contributed by atoms with Crippen LogP contribution in [0.25, 0.3) is 0 Å². The van der Waals surface area contributed by atoms with Crippen LogP contribution in [-0.4, -0.2) is 6.61 Å². The maximum absolute atomic E-state index is 5.66. The SMILES string of the molecule is CC=CCOCc1ccc(C2CCC(C3CCC(C=CCC)CC3)CC2)cc1. The number of benzene rings is 1. The molecule has 0 amide bonds. The second-order valence-electron chi connectivity index (χ2n) is 8.95. The van der Waals surface area contributed by atoms with Gasteiger partial charge in [0.2, 0.25) is 0 Å². The lowest BCUT2D eigenvalue weighted by Gasteiger charge is -2.37. The van der Waals surface area contributed by atoms with E-state index in [1.165, 1.54) is 63.4 Å². The van der Waals surface area contributed by atoms with Crippen molar-refractivity contribution in [3.8, 4) is 0 Å². The first-order valence-corrected chi connectivity index (χ1v) is 11.7. The average molecular weight is 381 g/mol. The van der Waals surface area contributed by atoms with Crippen LogP contribution in [0.15, 0.2) is 48.6 Å². The molecule has 0 atom stereocenters. The van der Waals surface area contributed by atoms with Crippen molar-refractivity contribution in [3.05, 3.63) is 59.7 Å². The zero-order chi connectivity index (χ0) is 19.6. The van der Waals surface area contributed by atoms with Gasteiger partial charge in [0.15, 0.2) is 0 Å². The van der Waals surface area contributed by atoms with Crippen molar-refractivity contribution >= 4 is 0 Å². The molecule has 2 aliphatic carbocycles. The quantitative estimate of drug-likeness (QED) is 0.330. The molecule has 0 N–H and O–H groups in total. The fourth-order valence-electron chi connectivity index (χ4n) is 5.29. The average Bonchev–Trinajstić information content (AvgIpc) is 2.76. The molecule has 0 radical (unpaired) electrons. The van der Waals surface area contributed by atoms with E-state index in [1.54, 1.807) is 5.56 Å². The lowest BCUT2D eigenvalue weighted by Crippen LogP contribution is -2.25. The van der Waals surface area contributed by atoms with E-state index in [9.17, 15) is 0 Å². The minimum absolute atomic E-state index is 0.707. The van der Waals surface area contributed by atoms with E-state index in [0.717, 1.165) is 23.7 Å². The molecule has 0 unspecified atom stereocenters. The summed E-state index contributed by atoms with van der Waals surface area (Å²) in [6, 6.07) is 9.24. The Morgan fingerprint density at radius 1 is 0.857 bits per heavy atom. The topological polar surface area (TPSA) is 9.23 Å². The number of allylic oxidation sites excluding steroid dienone is 3. The third-order valence-electron chi connectivity index (χ3n) is 7.07. The van der Waals surface area contributed by atoms with E-state index in [4.69, 9.17) is 4.74 Å². The molecule has 1 nitrogen and oxygen atoms in total. The molecule has 2 saturated carbocycles. The van der Waals surface area contributed by atoms with E-state index in [-0.39, 0.29) is 0 Å². The van der Waals surface area contributed by atoms with Gasteiger partial charge in [-0.15, -0.1) is 0 Å². The Morgan fingerprint density at radius 3 is 2.11 bits per heavy atom. The summed E-state index contributed by atoms with van der Waals surface area (Å²) in [4.78, 5) is 0. The summed E-state index contributed by atoms with van der Waals surface area (Å²) < 4.78 is 5.66. The van der Waals surface area contributed by atoms with Crippen LogP contribution in [0.4, 0.5) is 0 Å². The molecular weight excluding hydrogens is 340 g/mol. The molecule has 0 saturated heterocycles. The first kappa shape index (κ1) is 21.4. The molecule has 0 heterocycles. The van der Waals surface area contributed by atoms with Crippen molar-refractivity contribution in [3.63, 3.8) is 0 Å². The second kappa shape index (κ2) is 11.6. The molecule has 1 aromatic carbocycles. The molecule has 2 aliphatic rings. The molecule has 3 rings (SSSR count). The van der Waals surface area contributed by atoms with Gasteiger partial charge in [-0.3, -0.25) is 0 Å². The number of ether oxygens (including phenoxy) is 1. The zero-order valence-corrected chi connectivity index (χ0v) is 18.1. The summed E-state index contributed by atoms with van der Waals surface area (Å²) in [5.41, 5.74) is 2.83. The number of hydrogen-bond donors (Lipinski definition) is 0. The minimum atomic E-state index is 0.707. The standard InChI is InChI=1S/C27H40O/c1-3-5-7-22-8-12-24(13-9-22)26-16-18-27(19-17-26)25-14-10-23(11-15-25)21-28-20-6-4-2/h4-7,10-11,14-15,22,24,26-27H,3,8-9,12-13,16-21H2,1-2H3. The summed E-state index contributed by atoms with van der Waals surface area (Å²) in [6.07, 6.45) is 21.6. The molecule has 0 bridgehead atoms. The van der Waals surface area contributed by atoms with Gasteiger partial charge in [0, 0.05) is 0 Å². The van der Waals surface area contributed by atoms with Crippen LogP contribution in [0, 0.1) is 17.8 Å². The Morgan fingerprint density at radius 2 is 1.50 bits per heavy atom. The van der Waals surface area contributed by atoms with Crippen LogP contribution < -0.4 is 0 Å². The molecule has 2 fully saturated rings. The lowest BCUT2D eigenvalue weighted by molar-refractivity contribution is 0.148. The minimum Gasteiger partial charge on any atom is -0.373 e. The maximum Gasteiger partial charge on any atom is 0.0721 e. The van der Waals surface area contributed by atoms with Crippen LogP contribution in [-0.2, 0) is 11.3 Å². The summed E-state index contributed by atoms with van der Waals surface area (Å²) in [5, 5.41) is 0. The predicted octanol–water partition coefficient (Wildman–Crippen LogP) is 7.83. The van der Waals surface area contributed by atoms with Crippen LogP contribution in [0.5, 0.6) is 0 Å². The van der Waals surface area contributed by atoms with Gasteiger partial charge in [-0.05, 0) is 99.5 Å². The lowest BCUT2D eigenvalue weighted by atomic mass is 9.68. The van der Waals surface area contributed by atoms with Crippen LogP contribution in [0.1, 0.15) is 88.7 Å². The Hall–Kier alpha value is -1.34. The van der Waals surface area contributed by atoms with Crippen LogP contribution in [0.2, 0.25) is 0 Å². The van der Waals surface area contributed by atoms with E-state index in [2.05, 4.69) is 49.4 Å². The number of rotatable bonds is 8. The molecule has 154 valence electrons. The first-order valence-electron chi connectivity index (χ1n) is 11.7. The Labute approximate surface area is 173 Å². The molecule has 1 heteroatoms. The number of hydrogen-bond acceptors (Lipinski definition) is 1. The zero-order valence-electron chi connectivity index (χ0n) is 18.1. The molecule has 28 heavy (non-hydrogen) atoms. The smallest absolute Gasteiger partial charge is 0.0721 e. The maximum atomic E-state index is 5.66. The van der Waals surface area contributed by atoms with Gasteiger partial charge in [-0.25, -0.2) is 0 Å². The largest absolute Gasteiger partial charge is 0.373 e. The first-order chi connectivity index (χ1) is 13.8. The van der Waals surface area contributed by atoms with Crippen molar-refractivity contribution in [2.75, 3.05) is 6.61 Å². The normalized spacial score (nSPS) is 28.9. The highest BCUT2D eigenvalue weighted by atomic mass is 16.5. The third kappa shape index (κ3) is 6.34. The summed E-state index contributed by atoms with van der Waals surface area (Å²) in [7, 11) is 0. The van der Waals surface area contributed by atoms with Gasteiger partial charge in [0.05, 0.1) is 13.2 Å². The van der Waals surface area contributed by atoms with Crippen molar-refractivity contribution in [1.29, 1.82) is 0 Å². The highest BCUT2D eigenvalue weighted by Crippen LogP contribution is 2.44. The van der Waals surface area contributed by atoms with Crippen LogP contribution >= 0.6 is 0 Å². The van der Waals surface area contributed by atoms with E-state index in [1.807, 2.05) is 13.0 Å². The van der Waals surface area contributed by atoms with Crippen LogP contribution in [0.3, 0.4) is 0 Å². The summed E-state index contributed by atoms with van der Waals surface area (Å²) in [6.45, 7) is 5.70. The summed E-state index contributed by atoms with van der Waals surface area (Å²) in [5.74, 6) is 3.64. The van der Waals surface area contributed by atoms with Gasteiger partial charge >= 0.3 is 0 Å². The summed E-state index contributed by atoms with van der Waals surface area (Å²) >= 11 is 0. The third-order valence-corrected chi connectivity index (χ3v) is 7.07. The predicted molar refractivity (Wildman–Crippen MR) is 120 cm³/mol. The molecular formula is C27H40O. The van der Waals surface area contributed by atoms with Gasteiger partial charge < -0.3 is 4.74 Å². The van der Waals surface area contributed by atoms with E-state index in [0.29, 0.717) is 13.2 Å². The Kier molecular flexibility index (Phi) is 8.86. The highest BCUT2D eigenvalue weighted by molar-refractivity contribution is 5.25. The van der Waals surface area contributed by atoms with E-state index >= 15 is 0 Å². The van der Waals surface area contributed by atoms with Gasteiger partial charge in [0.1, 0.15) is 0 Å². The van der Waals surface area contributed by atoms with Gasteiger partial charge in [0.25, 0.3) is 0 Å². The molecule has 0 aliphatic heterocycles. The molecule has 0 aromatic heterocycles. The Bertz CT molecular complexity index is 596. The second-order valence-corrected chi connectivity index (χ2v) is 8.95. The Balaban J connectivity index is 1.41. The van der Waals surface area contributed by atoms with Crippen molar-refractivity contribution in [2.45, 2.75) is 84.2 Å². The van der Waals surface area contributed by atoms with Crippen molar-refractivity contribution < 1.29 is 4.74 Å². The molecule has 0 spiro atoms. The highest BCUT2D eigenvalue weighted by Gasteiger charge is 2.30. The monoisotopic (exact) mass is 380 g/mol.